The largest absolute Gasteiger partial charge is 0.496 e. The average Bonchev–Trinajstić information content (AvgIpc) is 2.81. The highest BCUT2D eigenvalue weighted by Gasteiger charge is 2.30. The van der Waals surface area contributed by atoms with Gasteiger partial charge < -0.3 is 14.8 Å². The normalized spacial score (nSPS) is 16.0. The van der Waals surface area contributed by atoms with E-state index in [0.717, 1.165) is 33.8 Å². The number of amides is 2. The van der Waals surface area contributed by atoms with Gasteiger partial charge in [0.05, 0.1) is 18.1 Å². The smallest absolute Gasteiger partial charge is 0.346 e. The predicted octanol–water partition coefficient (Wildman–Crippen LogP) is 6.25. The van der Waals surface area contributed by atoms with Crippen LogP contribution in [-0.2, 0) is 10.5 Å². The third kappa shape index (κ3) is 4.99. The van der Waals surface area contributed by atoms with E-state index in [4.69, 9.17) is 9.47 Å². The molecule has 7 heteroatoms. The van der Waals surface area contributed by atoms with E-state index in [1.807, 2.05) is 50.2 Å². The number of esters is 1. The first kappa shape index (κ1) is 23.6. The van der Waals surface area contributed by atoms with Gasteiger partial charge in [0.2, 0.25) is 0 Å². The fourth-order valence-corrected chi connectivity index (χ4v) is 5.33. The SMILES string of the molecule is COc1ccccc1C1C(=NC(=O)Nc2cc(C)c(OC(C)=O)c(C)c2)SCc2ccccc21. The van der Waals surface area contributed by atoms with Crippen molar-refractivity contribution in [2.24, 2.45) is 4.99 Å². The lowest BCUT2D eigenvalue weighted by Crippen LogP contribution is -2.21. The zero-order chi connectivity index (χ0) is 24.2. The van der Waals surface area contributed by atoms with Crippen LogP contribution in [0.4, 0.5) is 10.5 Å². The number of thioether (sulfide) groups is 1. The summed E-state index contributed by atoms with van der Waals surface area (Å²) >= 11 is 1.56. The summed E-state index contributed by atoms with van der Waals surface area (Å²) in [6, 6.07) is 19.1. The van der Waals surface area contributed by atoms with E-state index in [2.05, 4.69) is 22.4 Å². The summed E-state index contributed by atoms with van der Waals surface area (Å²) in [5.74, 6) is 1.42. The zero-order valence-corrected chi connectivity index (χ0v) is 20.4. The second-order valence-corrected chi connectivity index (χ2v) is 9.07. The molecular formula is C27H26N2O4S. The van der Waals surface area contributed by atoms with Crippen molar-refractivity contribution >= 4 is 34.5 Å². The average molecular weight is 475 g/mol. The van der Waals surface area contributed by atoms with Crippen LogP contribution in [0.5, 0.6) is 11.5 Å². The van der Waals surface area contributed by atoms with Crippen LogP contribution in [0.2, 0.25) is 0 Å². The van der Waals surface area contributed by atoms with E-state index in [9.17, 15) is 9.59 Å². The molecule has 0 saturated carbocycles. The maximum Gasteiger partial charge on any atom is 0.346 e. The van der Waals surface area contributed by atoms with Gasteiger partial charge in [-0.3, -0.25) is 4.79 Å². The quantitative estimate of drug-likeness (QED) is 0.357. The first-order valence-electron chi connectivity index (χ1n) is 10.9. The summed E-state index contributed by atoms with van der Waals surface area (Å²) in [7, 11) is 1.65. The fraction of sp³-hybridized carbons (Fsp3) is 0.222. The summed E-state index contributed by atoms with van der Waals surface area (Å²) in [5.41, 5.74) is 5.41. The van der Waals surface area contributed by atoms with Crippen LogP contribution in [-0.4, -0.2) is 24.2 Å². The van der Waals surface area contributed by atoms with Crippen LogP contribution in [0.1, 0.15) is 40.7 Å². The number of para-hydroxylation sites is 1. The molecule has 0 saturated heterocycles. The van der Waals surface area contributed by atoms with Crippen LogP contribution in [0, 0.1) is 13.8 Å². The third-order valence-corrected chi connectivity index (χ3v) is 6.69. The van der Waals surface area contributed by atoms with Crippen LogP contribution >= 0.6 is 11.8 Å². The maximum atomic E-state index is 13.0. The highest BCUT2D eigenvalue weighted by atomic mass is 32.2. The predicted molar refractivity (Wildman–Crippen MR) is 136 cm³/mol. The van der Waals surface area contributed by atoms with E-state index in [1.165, 1.54) is 12.5 Å². The second kappa shape index (κ2) is 10.1. The number of carbonyl (C=O) groups is 2. The molecule has 1 aliphatic rings. The van der Waals surface area contributed by atoms with E-state index in [-0.39, 0.29) is 11.9 Å². The lowest BCUT2D eigenvalue weighted by molar-refractivity contribution is -0.131. The van der Waals surface area contributed by atoms with Crippen molar-refractivity contribution in [3.05, 3.63) is 88.5 Å². The Morgan fingerprint density at radius 2 is 1.65 bits per heavy atom. The van der Waals surface area contributed by atoms with E-state index < -0.39 is 6.03 Å². The molecule has 4 rings (SSSR count). The van der Waals surface area contributed by atoms with Crippen molar-refractivity contribution < 1.29 is 19.1 Å². The van der Waals surface area contributed by atoms with Crippen molar-refractivity contribution in [3.63, 3.8) is 0 Å². The van der Waals surface area contributed by atoms with Crippen LogP contribution in [0.15, 0.2) is 65.7 Å². The fourth-order valence-electron chi connectivity index (χ4n) is 4.20. The van der Waals surface area contributed by atoms with E-state index in [0.29, 0.717) is 16.5 Å². The van der Waals surface area contributed by atoms with Crippen molar-refractivity contribution in [1.82, 2.24) is 0 Å². The molecule has 1 heterocycles. The van der Waals surface area contributed by atoms with Crippen molar-refractivity contribution in [2.75, 3.05) is 12.4 Å². The van der Waals surface area contributed by atoms with Gasteiger partial charge in [-0.1, -0.05) is 42.5 Å². The first-order chi connectivity index (χ1) is 16.4. The first-order valence-corrected chi connectivity index (χ1v) is 11.9. The summed E-state index contributed by atoms with van der Waals surface area (Å²) in [6.07, 6.45) is 0. The minimum absolute atomic E-state index is 0.202. The van der Waals surface area contributed by atoms with Gasteiger partial charge in [0.15, 0.2) is 0 Å². The molecule has 0 fully saturated rings. The summed E-state index contributed by atoms with van der Waals surface area (Å²) < 4.78 is 10.9. The van der Waals surface area contributed by atoms with E-state index in [1.54, 1.807) is 31.0 Å². The van der Waals surface area contributed by atoms with Gasteiger partial charge in [0.25, 0.3) is 0 Å². The number of nitrogens with zero attached hydrogens (tertiary/aromatic N) is 1. The Bertz CT molecular complexity index is 1260. The third-order valence-electron chi connectivity index (χ3n) is 5.61. The monoisotopic (exact) mass is 474 g/mol. The number of ether oxygens (including phenoxy) is 2. The minimum atomic E-state index is -0.458. The molecule has 34 heavy (non-hydrogen) atoms. The van der Waals surface area contributed by atoms with Gasteiger partial charge >= 0.3 is 12.0 Å². The van der Waals surface area contributed by atoms with Gasteiger partial charge in [0.1, 0.15) is 11.5 Å². The van der Waals surface area contributed by atoms with Gasteiger partial charge in [-0.15, -0.1) is 11.8 Å². The van der Waals surface area contributed by atoms with Crippen molar-refractivity contribution in [1.29, 1.82) is 0 Å². The Kier molecular flexibility index (Phi) is 7.03. The van der Waals surface area contributed by atoms with Gasteiger partial charge in [0, 0.05) is 23.9 Å². The Hall–Kier alpha value is -3.58. The lowest BCUT2D eigenvalue weighted by Gasteiger charge is -2.28. The van der Waals surface area contributed by atoms with Crippen LogP contribution in [0.25, 0.3) is 0 Å². The number of benzene rings is 3. The topological polar surface area (TPSA) is 77.0 Å². The van der Waals surface area contributed by atoms with Crippen LogP contribution < -0.4 is 14.8 Å². The second-order valence-electron chi connectivity index (χ2n) is 8.08. The molecule has 2 amide bonds. The zero-order valence-electron chi connectivity index (χ0n) is 19.5. The number of urea groups is 1. The molecule has 0 aliphatic carbocycles. The van der Waals surface area contributed by atoms with E-state index >= 15 is 0 Å². The highest BCUT2D eigenvalue weighted by Crippen LogP contribution is 2.42. The molecule has 1 N–H and O–H groups in total. The molecule has 0 radical (unpaired) electrons. The molecule has 1 atom stereocenters. The number of fused-ring (bicyclic) bond motifs is 1. The molecule has 3 aromatic rings. The van der Waals surface area contributed by atoms with Gasteiger partial charge in [-0.25, -0.2) is 4.79 Å². The lowest BCUT2D eigenvalue weighted by atomic mass is 9.88. The number of hydrogen-bond acceptors (Lipinski definition) is 5. The maximum absolute atomic E-state index is 13.0. The summed E-state index contributed by atoms with van der Waals surface area (Å²) in [4.78, 5) is 28.8. The van der Waals surface area contributed by atoms with Crippen molar-refractivity contribution in [3.8, 4) is 11.5 Å². The Morgan fingerprint density at radius 3 is 2.32 bits per heavy atom. The number of carbonyl (C=O) groups excluding carboxylic acids is 2. The molecular weight excluding hydrogens is 448 g/mol. The summed E-state index contributed by atoms with van der Waals surface area (Å²) in [6.45, 7) is 5.03. The molecule has 6 nitrogen and oxygen atoms in total. The Morgan fingerprint density at radius 1 is 1.00 bits per heavy atom. The van der Waals surface area contributed by atoms with Gasteiger partial charge in [-0.05, 0) is 54.3 Å². The number of rotatable bonds is 4. The summed E-state index contributed by atoms with van der Waals surface area (Å²) in [5, 5.41) is 3.58. The van der Waals surface area contributed by atoms with Crippen molar-refractivity contribution in [2.45, 2.75) is 32.4 Å². The number of nitrogens with one attached hydrogen (secondary N) is 1. The highest BCUT2D eigenvalue weighted by molar-refractivity contribution is 8.13. The molecule has 174 valence electrons. The molecule has 1 unspecified atom stereocenters. The number of methoxy groups -OCH3 is 1. The molecule has 0 aromatic heterocycles. The Labute approximate surface area is 203 Å². The number of aliphatic imine (C=N–C) groups is 1. The molecule has 1 aliphatic heterocycles. The number of aryl methyl sites for hydroxylation is 2. The molecule has 3 aromatic carbocycles. The number of anilines is 1. The molecule has 0 spiro atoms. The Balaban J connectivity index is 1.67. The van der Waals surface area contributed by atoms with Crippen LogP contribution in [0.3, 0.4) is 0 Å². The number of hydrogen-bond donors (Lipinski definition) is 1. The van der Waals surface area contributed by atoms with Gasteiger partial charge in [-0.2, -0.15) is 4.99 Å². The standard InChI is InChI=1S/C27H26N2O4S/c1-16-13-20(14-17(2)25(16)33-18(3)30)28-27(31)29-26-24(22-11-7-8-12-23(22)32-4)21-10-6-5-9-19(21)15-34-26/h5-14,24H,15H2,1-4H3,(H,28,31). The molecule has 0 bridgehead atoms. The minimum Gasteiger partial charge on any atom is -0.496 e.